The van der Waals surface area contributed by atoms with E-state index in [4.69, 9.17) is 19.7 Å². The predicted octanol–water partition coefficient (Wildman–Crippen LogP) is 4.22. The van der Waals surface area contributed by atoms with Gasteiger partial charge in [-0.1, -0.05) is 13.8 Å². The molecule has 1 amide bonds. The van der Waals surface area contributed by atoms with Crippen molar-refractivity contribution in [3.05, 3.63) is 0 Å². The largest absolute Gasteiger partial charge is 0.455 e. The average molecular weight is 423 g/mol. The van der Waals surface area contributed by atoms with Crippen LogP contribution < -0.4 is 11.1 Å². The Hall–Kier alpha value is -1.11. The van der Waals surface area contributed by atoms with Crippen LogP contribution in [0.15, 0.2) is 0 Å². The Kier molecular flexibility index (Phi) is 12.7. The van der Waals surface area contributed by atoms with E-state index in [9.17, 15) is 14.2 Å². The minimum absolute atomic E-state index is 0.231. The van der Waals surface area contributed by atoms with Crippen molar-refractivity contribution >= 4 is 19.4 Å². The molecule has 0 radical (unpaired) electrons. The molecule has 3 N–H and O–H groups in total. The van der Waals surface area contributed by atoms with Gasteiger partial charge in [0.2, 0.25) is 0 Å². The van der Waals surface area contributed by atoms with Gasteiger partial charge in [0.15, 0.2) is 6.35 Å². The van der Waals surface area contributed by atoms with E-state index in [-0.39, 0.29) is 25.3 Å². The maximum Gasteiger partial charge on any atom is 0.407 e. The lowest BCUT2D eigenvalue weighted by atomic mass is 10.1. The Morgan fingerprint density at radius 1 is 1.14 bits per heavy atom. The third-order valence-electron chi connectivity index (χ3n) is 3.78. The van der Waals surface area contributed by atoms with Crippen molar-refractivity contribution in [2.45, 2.75) is 85.0 Å². The van der Waals surface area contributed by atoms with Gasteiger partial charge in [-0.2, -0.15) is 0 Å². The second-order valence-corrected chi connectivity index (χ2v) is 10.8. The Morgan fingerprint density at radius 3 is 2.32 bits per heavy atom. The monoisotopic (exact) mass is 422 g/mol. The molecule has 0 aromatic rings. The highest BCUT2D eigenvalue weighted by atomic mass is 31.2. The molecule has 0 bridgehead atoms. The second-order valence-electron chi connectivity index (χ2n) is 8.21. The summed E-state index contributed by atoms with van der Waals surface area (Å²) in [5.41, 5.74) is 5.54. The molecular weight excluding hydrogens is 383 g/mol. The zero-order valence-electron chi connectivity index (χ0n) is 18.3. The number of hydrogen-bond acceptors (Lipinski definition) is 7. The van der Waals surface area contributed by atoms with Crippen LogP contribution in [0, 0.1) is 5.92 Å². The molecule has 0 spiro atoms. The molecule has 0 saturated carbocycles. The fourth-order valence-electron chi connectivity index (χ4n) is 2.27. The molecule has 9 heteroatoms. The van der Waals surface area contributed by atoms with E-state index < -0.39 is 24.8 Å². The fraction of sp³-hybridized carbons (Fsp3) is 0.895. The van der Waals surface area contributed by atoms with E-state index in [2.05, 4.69) is 5.32 Å². The third-order valence-corrected chi connectivity index (χ3v) is 6.23. The van der Waals surface area contributed by atoms with E-state index in [1.54, 1.807) is 27.7 Å². The van der Waals surface area contributed by atoms with Gasteiger partial charge in [-0.3, -0.25) is 9.36 Å². The summed E-state index contributed by atoms with van der Waals surface area (Å²) in [6.45, 7) is 11.8. The number of hydrogen-bond donors (Lipinski definition) is 2. The number of alkyl carbamates (subject to hydrolysis) is 1. The lowest BCUT2D eigenvalue weighted by Crippen LogP contribution is -2.33. The van der Waals surface area contributed by atoms with Crippen LogP contribution in [0.25, 0.3) is 0 Å². The van der Waals surface area contributed by atoms with Gasteiger partial charge < -0.3 is 25.0 Å². The Bertz CT molecular complexity index is 519. The van der Waals surface area contributed by atoms with Gasteiger partial charge >= 0.3 is 12.1 Å². The number of carbonyl (C=O) groups is 2. The van der Waals surface area contributed by atoms with Crippen LogP contribution in [0.2, 0.25) is 0 Å². The molecule has 0 aromatic carbocycles. The van der Waals surface area contributed by atoms with Crippen LogP contribution in [-0.2, 0) is 23.4 Å². The highest BCUT2D eigenvalue weighted by Crippen LogP contribution is 2.51. The molecule has 28 heavy (non-hydrogen) atoms. The summed E-state index contributed by atoms with van der Waals surface area (Å²) in [5.74, 6) is -0.711. The summed E-state index contributed by atoms with van der Waals surface area (Å²) in [7, 11) is -3.28. The van der Waals surface area contributed by atoms with Gasteiger partial charge in [0.05, 0.1) is 12.4 Å². The Labute approximate surface area is 169 Å². The highest BCUT2D eigenvalue weighted by Gasteiger charge is 2.32. The smallest absolute Gasteiger partial charge is 0.407 e. The molecule has 0 rings (SSSR count). The van der Waals surface area contributed by atoms with Crippen LogP contribution in [0.5, 0.6) is 0 Å². The van der Waals surface area contributed by atoms with E-state index in [0.717, 1.165) is 0 Å². The summed E-state index contributed by atoms with van der Waals surface area (Å²) in [6, 6.07) is 0. The van der Waals surface area contributed by atoms with Crippen LogP contribution in [0.3, 0.4) is 0 Å². The first-order valence-electron chi connectivity index (χ1n) is 10.0. The number of rotatable bonds is 13. The van der Waals surface area contributed by atoms with Gasteiger partial charge in [-0.05, 0) is 59.3 Å². The molecule has 0 aliphatic carbocycles. The number of unbranched alkanes of at least 4 members (excludes halogenated alkanes) is 1. The number of ether oxygens (including phenoxy) is 2. The summed E-state index contributed by atoms with van der Waals surface area (Å²) < 4.78 is 28.7. The number of carbonyl (C=O) groups excluding carboxylic acids is 2. The molecule has 0 saturated heterocycles. The zero-order valence-corrected chi connectivity index (χ0v) is 19.2. The highest BCUT2D eigenvalue weighted by molar-refractivity contribution is 7.59. The Balaban J connectivity index is 4.30. The Morgan fingerprint density at radius 2 is 1.79 bits per heavy atom. The first kappa shape index (κ1) is 26.9. The fourth-order valence-corrected chi connectivity index (χ4v) is 4.06. The van der Waals surface area contributed by atoms with Crippen LogP contribution in [-0.4, -0.2) is 42.9 Å². The van der Waals surface area contributed by atoms with E-state index in [0.29, 0.717) is 38.1 Å². The first-order valence-corrected chi connectivity index (χ1v) is 11.9. The topological polar surface area (TPSA) is 117 Å². The predicted molar refractivity (Wildman–Crippen MR) is 110 cm³/mol. The standard InChI is InChI=1S/C19H39N2O6P/c1-7-26-28(24,14-25-17(22)12-11-15(2)3)16(20)10-8-9-13-21-18(23)27-19(4,5)6/h15-16H,7-14,20H2,1-6H3,(H,21,23). The van der Waals surface area contributed by atoms with Crippen LogP contribution >= 0.6 is 7.37 Å². The zero-order chi connectivity index (χ0) is 21.8. The van der Waals surface area contributed by atoms with Gasteiger partial charge in [-0.25, -0.2) is 4.79 Å². The number of nitrogens with one attached hydrogen (secondary N) is 1. The molecule has 166 valence electrons. The van der Waals surface area contributed by atoms with Gasteiger partial charge in [0.1, 0.15) is 5.60 Å². The number of esters is 1. The summed E-state index contributed by atoms with van der Waals surface area (Å²) in [6.07, 6.45) is 1.99. The SMILES string of the molecule is CCOP(=O)(COC(=O)CCC(C)C)C(N)CCCCNC(=O)OC(C)(C)C. The summed E-state index contributed by atoms with van der Waals surface area (Å²) in [4.78, 5) is 23.4. The molecule has 0 aromatic heterocycles. The third kappa shape index (κ3) is 13.1. The van der Waals surface area contributed by atoms with E-state index >= 15 is 0 Å². The molecule has 2 unspecified atom stereocenters. The first-order chi connectivity index (χ1) is 12.9. The maximum absolute atomic E-state index is 13.0. The molecule has 2 atom stereocenters. The molecule has 8 nitrogen and oxygen atoms in total. The lowest BCUT2D eigenvalue weighted by molar-refractivity contribution is -0.142. The van der Waals surface area contributed by atoms with Gasteiger partial charge in [0, 0.05) is 13.0 Å². The minimum Gasteiger partial charge on any atom is -0.455 e. The van der Waals surface area contributed by atoms with Crippen molar-refractivity contribution < 1.29 is 28.2 Å². The summed E-state index contributed by atoms with van der Waals surface area (Å²) in [5, 5.41) is 2.67. The quantitative estimate of drug-likeness (QED) is 0.259. The van der Waals surface area contributed by atoms with E-state index in [1.165, 1.54) is 0 Å². The number of nitrogens with two attached hydrogens (primary N) is 1. The van der Waals surface area contributed by atoms with Gasteiger partial charge in [-0.15, -0.1) is 0 Å². The molecule has 0 fully saturated rings. The maximum atomic E-state index is 13.0. The molecule has 0 heterocycles. The number of amides is 1. The van der Waals surface area contributed by atoms with Crippen molar-refractivity contribution in [2.75, 3.05) is 19.5 Å². The molecular formula is C19H39N2O6P. The molecule has 0 aliphatic rings. The van der Waals surface area contributed by atoms with Gasteiger partial charge in [0.25, 0.3) is 7.37 Å². The average Bonchev–Trinajstić information content (AvgIpc) is 2.56. The van der Waals surface area contributed by atoms with Crippen LogP contribution in [0.1, 0.15) is 73.6 Å². The minimum atomic E-state index is -3.28. The second kappa shape index (κ2) is 13.2. The van der Waals surface area contributed by atoms with Crippen molar-refractivity contribution in [3.63, 3.8) is 0 Å². The van der Waals surface area contributed by atoms with Crippen molar-refractivity contribution in [1.82, 2.24) is 5.32 Å². The van der Waals surface area contributed by atoms with Crippen molar-refractivity contribution in [2.24, 2.45) is 11.7 Å². The summed E-state index contributed by atoms with van der Waals surface area (Å²) >= 11 is 0. The molecule has 0 aliphatic heterocycles. The normalized spacial score (nSPS) is 15.0. The van der Waals surface area contributed by atoms with Crippen molar-refractivity contribution in [3.8, 4) is 0 Å². The van der Waals surface area contributed by atoms with E-state index in [1.807, 2.05) is 13.8 Å². The van der Waals surface area contributed by atoms with Crippen LogP contribution in [0.4, 0.5) is 4.79 Å². The lowest BCUT2D eigenvalue weighted by Gasteiger charge is -2.24. The van der Waals surface area contributed by atoms with Crippen molar-refractivity contribution in [1.29, 1.82) is 0 Å².